The maximum atomic E-state index is 13.3. The highest BCUT2D eigenvalue weighted by atomic mass is 19.1. The van der Waals surface area contributed by atoms with Gasteiger partial charge in [0.25, 0.3) is 0 Å². The second-order valence-electron chi connectivity index (χ2n) is 4.87. The first-order valence-electron chi connectivity index (χ1n) is 6.62. The predicted octanol–water partition coefficient (Wildman–Crippen LogP) is 3.78. The summed E-state index contributed by atoms with van der Waals surface area (Å²) in [7, 11) is 1.72. The number of rotatable bonds is 3. The van der Waals surface area contributed by atoms with Crippen molar-refractivity contribution in [1.82, 2.24) is 0 Å². The molecule has 21 heavy (non-hydrogen) atoms. The molecule has 2 aromatic carbocycles. The minimum atomic E-state index is -0.339. The molecule has 1 heterocycles. The van der Waals surface area contributed by atoms with Gasteiger partial charge in [0.15, 0.2) is 0 Å². The highest BCUT2D eigenvalue weighted by molar-refractivity contribution is 5.96. The van der Waals surface area contributed by atoms with Gasteiger partial charge in [0.1, 0.15) is 11.4 Å². The molecule has 0 N–H and O–H groups in total. The minimum Gasteiger partial charge on any atom is -0.464 e. The van der Waals surface area contributed by atoms with Gasteiger partial charge in [0.05, 0.1) is 12.7 Å². The van der Waals surface area contributed by atoms with E-state index in [1.807, 2.05) is 30.3 Å². The van der Waals surface area contributed by atoms with Crippen molar-refractivity contribution in [3.05, 3.63) is 66.2 Å². The van der Waals surface area contributed by atoms with Crippen molar-refractivity contribution in [3.63, 3.8) is 0 Å². The fraction of sp³-hybridized carbons (Fsp3) is 0.118. The van der Waals surface area contributed by atoms with E-state index < -0.39 is 0 Å². The zero-order valence-electron chi connectivity index (χ0n) is 11.5. The van der Waals surface area contributed by atoms with Gasteiger partial charge in [0, 0.05) is 23.7 Å². The van der Waals surface area contributed by atoms with Gasteiger partial charge in [-0.05, 0) is 30.3 Å². The Hall–Kier alpha value is -2.62. The smallest absolute Gasteiger partial charge is 0.231 e. The molecule has 0 spiro atoms. The highest BCUT2D eigenvalue weighted by Crippen LogP contribution is 2.23. The number of hydrogen-bond acceptors (Lipinski definition) is 2. The zero-order chi connectivity index (χ0) is 14.8. The molecule has 0 unspecified atom stereocenters. The van der Waals surface area contributed by atoms with Crippen molar-refractivity contribution in [1.29, 1.82) is 0 Å². The molecule has 0 fully saturated rings. The van der Waals surface area contributed by atoms with Crippen molar-refractivity contribution in [2.24, 2.45) is 0 Å². The van der Waals surface area contributed by atoms with Gasteiger partial charge in [-0.25, -0.2) is 4.39 Å². The number of likely N-dealkylation sites (N-methyl/N-ethyl adjacent to an activating group) is 1. The molecule has 106 valence electrons. The fourth-order valence-corrected chi connectivity index (χ4v) is 2.27. The van der Waals surface area contributed by atoms with E-state index in [1.165, 1.54) is 18.4 Å². The van der Waals surface area contributed by atoms with E-state index in [-0.39, 0.29) is 18.1 Å². The number of hydrogen-bond donors (Lipinski definition) is 0. The molecule has 0 aliphatic heterocycles. The standard InChI is InChI=1S/C17H14FNO2/c1-19(14-5-3-2-4-6-14)17(20)9-12-11-21-16-8-7-13(18)10-15(12)16/h2-8,10-11H,9H2,1H3. The SMILES string of the molecule is CN(C(=O)Cc1coc2ccc(F)cc12)c1ccccc1. The van der Waals surface area contributed by atoms with Crippen LogP contribution in [-0.2, 0) is 11.2 Å². The molecular weight excluding hydrogens is 269 g/mol. The van der Waals surface area contributed by atoms with Crippen molar-refractivity contribution in [3.8, 4) is 0 Å². The van der Waals surface area contributed by atoms with E-state index in [0.717, 1.165) is 5.69 Å². The molecule has 1 aromatic heterocycles. The summed E-state index contributed by atoms with van der Waals surface area (Å²) < 4.78 is 18.7. The van der Waals surface area contributed by atoms with Crippen LogP contribution in [0.4, 0.5) is 10.1 Å². The molecule has 4 heteroatoms. The van der Waals surface area contributed by atoms with Gasteiger partial charge in [-0.2, -0.15) is 0 Å². The lowest BCUT2D eigenvalue weighted by atomic mass is 10.1. The quantitative estimate of drug-likeness (QED) is 0.733. The summed E-state index contributed by atoms with van der Waals surface area (Å²) >= 11 is 0. The Labute approximate surface area is 121 Å². The third-order valence-corrected chi connectivity index (χ3v) is 3.47. The molecule has 0 atom stereocenters. The van der Waals surface area contributed by atoms with E-state index in [1.54, 1.807) is 18.0 Å². The topological polar surface area (TPSA) is 33.5 Å². The fourth-order valence-electron chi connectivity index (χ4n) is 2.27. The predicted molar refractivity (Wildman–Crippen MR) is 79.7 cm³/mol. The van der Waals surface area contributed by atoms with Crippen LogP contribution in [0.25, 0.3) is 11.0 Å². The number of nitrogens with zero attached hydrogens (tertiary/aromatic N) is 1. The van der Waals surface area contributed by atoms with Gasteiger partial charge in [-0.3, -0.25) is 4.79 Å². The molecule has 3 rings (SSSR count). The Bertz CT molecular complexity index is 780. The maximum absolute atomic E-state index is 13.3. The normalized spacial score (nSPS) is 10.8. The first-order valence-corrected chi connectivity index (χ1v) is 6.62. The number of amides is 1. The first-order chi connectivity index (χ1) is 10.1. The summed E-state index contributed by atoms with van der Waals surface area (Å²) in [4.78, 5) is 13.9. The molecule has 0 aliphatic carbocycles. The van der Waals surface area contributed by atoms with Gasteiger partial charge in [-0.15, -0.1) is 0 Å². The molecule has 0 saturated carbocycles. The van der Waals surface area contributed by atoms with Crippen molar-refractivity contribution < 1.29 is 13.6 Å². The van der Waals surface area contributed by atoms with Crippen LogP contribution in [0.5, 0.6) is 0 Å². The molecule has 0 aliphatic rings. The van der Waals surface area contributed by atoms with Crippen molar-refractivity contribution >= 4 is 22.6 Å². The van der Waals surface area contributed by atoms with Crippen LogP contribution in [-0.4, -0.2) is 13.0 Å². The van der Waals surface area contributed by atoms with E-state index in [0.29, 0.717) is 16.5 Å². The van der Waals surface area contributed by atoms with E-state index >= 15 is 0 Å². The van der Waals surface area contributed by atoms with E-state index in [4.69, 9.17) is 4.42 Å². The van der Waals surface area contributed by atoms with Gasteiger partial charge < -0.3 is 9.32 Å². The number of halogens is 1. The van der Waals surface area contributed by atoms with Gasteiger partial charge >= 0.3 is 0 Å². The number of fused-ring (bicyclic) bond motifs is 1. The third-order valence-electron chi connectivity index (χ3n) is 3.47. The van der Waals surface area contributed by atoms with Gasteiger partial charge in [0.2, 0.25) is 5.91 Å². The Morgan fingerprint density at radius 1 is 1.19 bits per heavy atom. The number of carbonyl (C=O) groups is 1. The summed E-state index contributed by atoms with van der Waals surface area (Å²) in [6.07, 6.45) is 1.68. The van der Waals surface area contributed by atoms with Crippen LogP contribution >= 0.6 is 0 Å². The number of carbonyl (C=O) groups excluding carboxylic acids is 1. The Kier molecular flexibility index (Phi) is 3.44. The Morgan fingerprint density at radius 3 is 2.71 bits per heavy atom. The average Bonchev–Trinajstić information content (AvgIpc) is 2.89. The Morgan fingerprint density at radius 2 is 1.95 bits per heavy atom. The zero-order valence-corrected chi connectivity index (χ0v) is 11.5. The number of para-hydroxylation sites is 1. The van der Waals surface area contributed by atoms with Gasteiger partial charge in [-0.1, -0.05) is 18.2 Å². The minimum absolute atomic E-state index is 0.0758. The summed E-state index contributed by atoms with van der Waals surface area (Å²) in [5.74, 6) is -0.415. The largest absolute Gasteiger partial charge is 0.464 e. The second-order valence-corrected chi connectivity index (χ2v) is 4.87. The van der Waals surface area contributed by atoms with Crippen molar-refractivity contribution in [2.75, 3.05) is 11.9 Å². The van der Waals surface area contributed by atoms with Crippen LogP contribution in [0.15, 0.2) is 59.2 Å². The molecule has 0 saturated heterocycles. The number of anilines is 1. The molecule has 0 bridgehead atoms. The summed E-state index contributed by atoms with van der Waals surface area (Å²) in [6.45, 7) is 0. The van der Waals surface area contributed by atoms with E-state index in [9.17, 15) is 9.18 Å². The average molecular weight is 283 g/mol. The highest BCUT2D eigenvalue weighted by Gasteiger charge is 2.15. The molecule has 3 nitrogen and oxygen atoms in total. The van der Waals surface area contributed by atoms with Crippen LogP contribution < -0.4 is 4.90 Å². The summed E-state index contributed by atoms with van der Waals surface area (Å²) in [5, 5.41) is 0.643. The lowest BCUT2D eigenvalue weighted by molar-refractivity contribution is -0.117. The van der Waals surface area contributed by atoms with E-state index in [2.05, 4.69) is 0 Å². The van der Waals surface area contributed by atoms with Crippen LogP contribution in [0.1, 0.15) is 5.56 Å². The Balaban J connectivity index is 1.85. The lowest BCUT2D eigenvalue weighted by Gasteiger charge is -2.16. The second kappa shape index (κ2) is 5.40. The summed E-state index contributed by atoms with van der Waals surface area (Å²) in [5.41, 5.74) is 2.10. The molecule has 0 radical (unpaired) electrons. The van der Waals surface area contributed by atoms with Crippen molar-refractivity contribution in [2.45, 2.75) is 6.42 Å². The third kappa shape index (κ3) is 2.65. The van der Waals surface area contributed by atoms with Crippen LogP contribution in [0, 0.1) is 5.82 Å². The lowest BCUT2D eigenvalue weighted by Crippen LogP contribution is -2.27. The van der Waals surface area contributed by atoms with Crippen LogP contribution in [0.3, 0.4) is 0 Å². The monoisotopic (exact) mass is 283 g/mol. The molecular formula is C17H14FNO2. The maximum Gasteiger partial charge on any atom is 0.231 e. The molecule has 1 amide bonds. The number of furan rings is 1. The first kappa shape index (κ1) is 13.4. The van der Waals surface area contributed by atoms with Crippen LogP contribution in [0.2, 0.25) is 0 Å². The summed E-state index contributed by atoms with van der Waals surface area (Å²) in [6, 6.07) is 13.7. The molecule has 3 aromatic rings. The number of benzene rings is 2.